The lowest BCUT2D eigenvalue weighted by Gasteiger charge is -2.29. The van der Waals surface area contributed by atoms with E-state index < -0.39 is 11.7 Å². The number of aliphatic hydroxyl groups excluding tert-OH is 1. The normalized spacial score (nSPS) is 22.0. The number of carbonyl (C=O) groups is 1. The Morgan fingerprint density at radius 2 is 2.06 bits per heavy atom. The molecule has 96 valence electrons. The molecule has 0 amide bonds. The monoisotopic (exact) mass is 249 g/mol. The molecule has 18 heavy (non-hydrogen) atoms. The molecule has 0 radical (unpaired) electrons. The molecule has 5 heteroatoms. The van der Waals surface area contributed by atoms with Crippen LogP contribution in [0.3, 0.4) is 0 Å². The van der Waals surface area contributed by atoms with Crippen LogP contribution in [-0.2, 0) is 21.9 Å². The molecule has 0 saturated heterocycles. The summed E-state index contributed by atoms with van der Waals surface area (Å²) in [5.74, 6) is -1.04. The summed E-state index contributed by atoms with van der Waals surface area (Å²) < 4.78 is 5.51. The van der Waals surface area contributed by atoms with Crippen molar-refractivity contribution in [3.05, 3.63) is 47.4 Å². The Bertz CT molecular complexity index is 480. The highest BCUT2D eigenvalue weighted by Gasteiger charge is 2.38. The molecule has 0 bridgehead atoms. The number of rotatable bonds is 4. The quantitative estimate of drug-likeness (QED) is 0.749. The standard InChI is InChI=1S/C13H15NO4/c1-2-13(14-11(8-18-13)12(16)17)10-5-3-9(7-15)4-6-10/h3-6,8,14-15H,2,7H2,1H3,(H,16,17). The van der Waals surface area contributed by atoms with Gasteiger partial charge in [-0.2, -0.15) is 0 Å². The van der Waals surface area contributed by atoms with Crippen LogP contribution in [0.15, 0.2) is 36.2 Å². The minimum atomic E-state index is -1.04. The molecular weight excluding hydrogens is 234 g/mol. The van der Waals surface area contributed by atoms with Crippen LogP contribution in [0.5, 0.6) is 0 Å². The third-order valence-electron chi connectivity index (χ3n) is 3.05. The van der Waals surface area contributed by atoms with Gasteiger partial charge in [-0.25, -0.2) is 4.79 Å². The van der Waals surface area contributed by atoms with Gasteiger partial charge in [0, 0.05) is 12.0 Å². The maximum absolute atomic E-state index is 10.9. The Hall–Kier alpha value is -2.01. The fourth-order valence-electron chi connectivity index (χ4n) is 1.94. The van der Waals surface area contributed by atoms with Gasteiger partial charge in [0.15, 0.2) is 5.70 Å². The van der Waals surface area contributed by atoms with Crippen molar-refractivity contribution < 1.29 is 19.7 Å². The second-order valence-electron chi connectivity index (χ2n) is 4.12. The van der Waals surface area contributed by atoms with Crippen molar-refractivity contribution in [1.29, 1.82) is 0 Å². The Labute approximate surface area is 105 Å². The lowest BCUT2D eigenvalue weighted by atomic mass is 9.99. The molecule has 0 fully saturated rings. The highest BCUT2D eigenvalue weighted by Crippen LogP contribution is 2.32. The topological polar surface area (TPSA) is 78.8 Å². The highest BCUT2D eigenvalue weighted by molar-refractivity contribution is 5.86. The van der Waals surface area contributed by atoms with Crippen molar-refractivity contribution in [3.63, 3.8) is 0 Å². The molecule has 0 aromatic heterocycles. The molecule has 1 unspecified atom stereocenters. The molecule has 1 heterocycles. The molecule has 1 aromatic carbocycles. The van der Waals surface area contributed by atoms with Gasteiger partial charge in [-0.3, -0.25) is 0 Å². The Balaban J connectivity index is 2.26. The maximum Gasteiger partial charge on any atom is 0.355 e. The van der Waals surface area contributed by atoms with Crippen molar-refractivity contribution in [2.45, 2.75) is 25.7 Å². The Morgan fingerprint density at radius 3 is 2.50 bits per heavy atom. The molecule has 2 rings (SSSR count). The van der Waals surface area contributed by atoms with E-state index in [1.807, 2.05) is 19.1 Å². The van der Waals surface area contributed by atoms with Gasteiger partial charge in [-0.15, -0.1) is 0 Å². The second kappa shape index (κ2) is 4.70. The highest BCUT2D eigenvalue weighted by atomic mass is 16.5. The number of carboxylic acids is 1. The maximum atomic E-state index is 10.9. The average Bonchev–Trinajstić information content (AvgIpc) is 2.85. The Morgan fingerprint density at radius 1 is 1.39 bits per heavy atom. The second-order valence-corrected chi connectivity index (χ2v) is 4.12. The van der Waals surface area contributed by atoms with Crippen LogP contribution in [0, 0.1) is 0 Å². The van der Waals surface area contributed by atoms with Gasteiger partial charge in [0.05, 0.1) is 6.61 Å². The van der Waals surface area contributed by atoms with E-state index in [1.165, 1.54) is 6.26 Å². The fourth-order valence-corrected chi connectivity index (χ4v) is 1.94. The molecular formula is C13H15NO4. The third-order valence-corrected chi connectivity index (χ3v) is 3.05. The zero-order chi connectivity index (χ0) is 13.2. The van der Waals surface area contributed by atoms with E-state index in [0.29, 0.717) is 6.42 Å². The molecule has 0 aliphatic carbocycles. The number of hydrogen-bond acceptors (Lipinski definition) is 4. The predicted molar refractivity (Wildman–Crippen MR) is 64.3 cm³/mol. The number of carboxylic acid groups (broad SMARTS) is 1. The van der Waals surface area contributed by atoms with Crippen molar-refractivity contribution in [2.75, 3.05) is 0 Å². The lowest BCUT2D eigenvalue weighted by Crippen LogP contribution is -2.39. The number of ether oxygens (including phenoxy) is 1. The van der Waals surface area contributed by atoms with Crippen molar-refractivity contribution >= 4 is 5.97 Å². The van der Waals surface area contributed by atoms with Gasteiger partial charge in [0.25, 0.3) is 0 Å². The fraction of sp³-hybridized carbons (Fsp3) is 0.308. The molecule has 5 nitrogen and oxygen atoms in total. The van der Waals surface area contributed by atoms with Crippen LogP contribution in [0.1, 0.15) is 24.5 Å². The summed E-state index contributed by atoms with van der Waals surface area (Å²) in [6, 6.07) is 7.22. The van der Waals surface area contributed by atoms with E-state index in [1.54, 1.807) is 12.1 Å². The summed E-state index contributed by atoms with van der Waals surface area (Å²) in [5.41, 5.74) is 0.842. The molecule has 3 N–H and O–H groups in total. The zero-order valence-electron chi connectivity index (χ0n) is 10.0. The summed E-state index contributed by atoms with van der Waals surface area (Å²) in [5, 5.41) is 20.8. The predicted octanol–water partition coefficient (Wildman–Crippen LogP) is 1.29. The van der Waals surface area contributed by atoms with E-state index in [-0.39, 0.29) is 12.3 Å². The van der Waals surface area contributed by atoms with E-state index in [2.05, 4.69) is 5.32 Å². The summed E-state index contributed by atoms with van der Waals surface area (Å²) in [7, 11) is 0. The van der Waals surface area contributed by atoms with E-state index in [9.17, 15) is 4.79 Å². The minimum absolute atomic E-state index is 0.0215. The Kier molecular flexibility index (Phi) is 3.25. The van der Waals surface area contributed by atoms with E-state index in [4.69, 9.17) is 14.9 Å². The van der Waals surface area contributed by atoms with Crippen LogP contribution in [0.2, 0.25) is 0 Å². The van der Waals surface area contributed by atoms with E-state index >= 15 is 0 Å². The van der Waals surface area contributed by atoms with E-state index in [0.717, 1.165) is 11.1 Å². The molecule has 1 aliphatic rings. The average molecular weight is 249 g/mol. The summed E-state index contributed by atoms with van der Waals surface area (Å²) in [6.45, 7) is 1.89. The summed E-state index contributed by atoms with van der Waals surface area (Å²) in [4.78, 5) is 10.9. The first-order chi connectivity index (χ1) is 8.61. The third kappa shape index (κ3) is 2.04. The smallest absolute Gasteiger partial charge is 0.355 e. The van der Waals surface area contributed by atoms with Crippen LogP contribution in [-0.4, -0.2) is 16.2 Å². The van der Waals surface area contributed by atoms with Gasteiger partial charge >= 0.3 is 5.97 Å². The van der Waals surface area contributed by atoms with Gasteiger partial charge in [0.1, 0.15) is 6.26 Å². The van der Waals surface area contributed by atoms with Crippen molar-refractivity contribution in [3.8, 4) is 0 Å². The number of benzene rings is 1. The molecule has 0 saturated carbocycles. The van der Waals surface area contributed by atoms with Gasteiger partial charge in [-0.05, 0) is 5.56 Å². The molecule has 1 atom stereocenters. The summed E-state index contributed by atoms with van der Waals surface area (Å²) >= 11 is 0. The minimum Gasteiger partial charge on any atom is -0.476 e. The van der Waals surface area contributed by atoms with Gasteiger partial charge in [-0.1, -0.05) is 31.2 Å². The summed E-state index contributed by atoms with van der Waals surface area (Å²) in [6.07, 6.45) is 1.81. The SMILES string of the molecule is CCC1(c2ccc(CO)cc2)NC(C(=O)O)=CO1. The number of aliphatic hydroxyl groups is 1. The molecule has 1 aliphatic heterocycles. The van der Waals surface area contributed by atoms with Crippen LogP contribution < -0.4 is 5.32 Å². The van der Waals surface area contributed by atoms with Crippen LogP contribution in [0.25, 0.3) is 0 Å². The first-order valence-electron chi connectivity index (χ1n) is 5.71. The number of aliphatic carboxylic acids is 1. The first kappa shape index (κ1) is 12.4. The number of hydrogen-bond donors (Lipinski definition) is 3. The van der Waals surface area contributed by atoms with Crippen molar-refractivity contribution in [1.82, 2.24) is 5.32 Å². The molecule has 0 spiro atoms. The largest absolute Gasteiger partial charge is 0.476 e. The van der Waals surface area contributed by atoms with Crippen molar-refractivity contribution in [2.24, 2.45) is 0 Å². The van der Waals surface area contributed by atoms with Gasteiger partial charge < -0.3 is 20.3 Å². The first-order valence-corrected chi connectivity index (χ1v) is 5.71. The van der Waals surface area contributed by atoms with Gasteiger partial charge in [0.2, 0.25) is 5.72 Å². The van der Waals surface area contributed by atoms with Crippen LogP contribution in [0.4, 0.5) is 0 Å². The molecule has 1 aromatic rings. The van der Waals surface area contributed by atoms with Crippen LogP contribution >= 0.6 is 0 Å². The lowest BCUT2D eigenvalue weighted by molar-refractivity contribution is -0.133. The zero-order valence-corrected chi connectivity index (χ0v) is 10.0. The number of nitrogens with one attached hydrogen (secondary N) is 1.